The molecule has 0 aliphatic rings. The lowest BCUT2D eigenvalue weighted by atomic mass is 10.1. The molecule has 4 rings (SSSR count). The van der Waals surface area contributed by atoms with Crippen LogP contribution in [-0.4, -0.2) is 26.8 Å². The Morgan fingerprint density at radius 1 is 0.939 bits per heavy atom. The lowest BCUT2D eigenvalue weighted by Gasteiger charge is -2.11. The Balaban J connectivity index is 1.86. The molecule has 0 aliphatic heterocycles. The van der Waals surface area contributed by atoms with Gasteiger partial charge >= 0.3 is 5.97 Å². The molecular formula is C24H16Cl3N3O3. The number of benzene rings is 3. The SMILES string of the molecule is Cc1c(C(=O)Nc2ccccc2C(=O)O)nn(-c2ccc(Cl)cc2Cl)c1-c1ccc(Cl)cc1. The van der Waals surface area contributed by atoms with Crippen LogP contribution in [0.15, 0.2) is 66.7 Å². The summed E-state index contributed by atoms with van der Waals surface area (Å²) >= 11 is 18.6. The van der Waals surface area contributed by atoms with Gasteiger partial charge in [0.2, 0.25) is 0 Å². The van der Waals surface area contributed by atoms with Crippen LogP contribution in [0.5, 0.6) is 0 Å². The maximum Gasteiger partial charge on any atom is 0.337 e. The number of rotatable bonds is 5. The lowest BCUT2D eigenvalue weighted by Crippen LogP contribution is -2.16. The monoisotopic (exact) mass is 499 g/mol. The molecule has 0 saturated heterocycles. The summed E-state index contributed by atoms with van der Waals surface area (Å²) in [5.74, 6) is -1.71. The highest BCUT2D eigenvalue weighted by Gasteiger charge is 2.24. The summed E-state index contributed by atoms with van der Waals surface area (Å²) in [6, 6.07) is 18.2. The van der Waals surface area contributed by atoms with Crippen molar-refractivity contribution in [3.8, 4) is 16.9 Å². The van der Waals surface area contributed by atoms with Gasteiger partial charge in [0.25, 0.3) is 5.91 Å². The van der Waals surface area contributed by atoms with Crippen molar-refractivity contribution in [2.75, 3.05) is 5.32 Å². The van der Waals surface area contributed by atoms with Gasteiger partial charge in [-0.05, 0) is 49.4 Å². The van der Waals surface area contributed by atoms with E-state index in [9.17, 15) is 14.7 Å². The average Bonchev–Trinajstić information content (AvgIpc) is 3.11. The van der Waals surface area contributed by atoms with Crippen LogP contribution in [0, 0.1) is 6.92 Å². The van der Waals surface area contributed by atoms with Crippen LogP contribution in [0.4, 0.5) is 5.69 Å². The number of carboxylic acid groups (broad SMARTS) is 1. The highest BCUT2D eigenvalue weighted by atomic mass is 35.5. The molecule has 166 valence electrons. The Morgan fingerprint density at radius 2 is 1.61 bits per heavy atom. The van der Waals surface area contributed by atoms with Crippen LogP contribution in [-0.2, 0) is 0 Å². The predicted molar refractivity (Wildman–Crippen MR) is 130 cm³/mol. The molecule has 0 saturated carbocycles. The number of amides is 1. The average molecular weight is 501 g/mol. The number of aromatic carboxylic acids is 1. The first-order valence-electron chi connectivity index (χ1n) is 9.71. The summed E-state index contributed by atoms with van der Waals surface area (Å²) in [6.45, 7) is 1.76. The number of carboxylic acids is 1. The second-order valence-electron chi connectivity index (χ2n) is 7.14. The van der Waals surface area contributed by atoms with Crippen LogP contribution in [0.3, 0.4) is 0 Å². The summed E-state index contributed by atoms with van der Waals surface area (Å²) in [4.78, 5) is 24.7. The van der Waals surface area contributed by atoms with E-state index in [1.54, 1.807) is 54.1 Å². The van der Waals surface area contributed by atoms with Gasteiger partial charge in [0.15, 0.2) is 5.69 Å². The van der Waals surface area contributed by atoms with Gasteiger partial charge in [-0.2, -0.15) is 5.10 Å². The molecular weight excluding hydrogens is 485 g/mol. The summed E-state index contributed by atoms with van der Waals surface area (Å²) < 4.78 is 1.56. The van der Waals surface area contributed by atoms with Crippen molar-refractivity contribution >= 4 is 52.4 Å². The van der Waals surface area contributed by atoms with Crippen molar-refractivity contribution in [2.24, 2.45) is 0 Å². The molecule has 3 aromatic carbocycles. The highest BCUT2D eigenvalue weighted by molar-refractivity contribution is 6.35. The van der Waals surface area contributed by atoms with Crippen LogP contribution < -0.4 is 5.32 Å². The Hall–Kier alpha value is -3.32. The fourth-order valence-corrected chi connectivity index (χ4v) is 4.06. The van der Waals surface area contributed by atoms with Crippen molar-refractivity contribution in [1.82, 2.24) is 9.78 Å². The first kappa shape index (κ1) is 22.9. The third kappa shape index (κ3) is 4.59. The minimum Gasteiger partial charge on any atom is -0.478 e. The van der Waals surface area contributed by atoms with Crippen molar-refractivity contribution in [2.45, 2.75) is 6.92 Å². The minimum absolute atomic E-state index is 0.0263. The van der Waals surface area contributed by atoms with E-state index in [4.69, 9.17) is 34.8 Å². The van der Waals surface area contributed by atoms with Crippen LogP contribution in [0.25, 0.3) is 16.9 Å². The van der Waals surface area contributed by atoms with E-state index in [2.05, 4.69) is 10.4 Å². The van der Waals surface area contributed by atoms with E-state index in [1.807, 2.05) is 12.1 Å². The minimum atomic E-state index is -1.15. The van der Waals surface area contributed by atoms with Gasteiger partial charge in [0.1, 0.15) is 0 Å². The zero-order valence-corrected chi connectivity index (χ0v) is 19.4. The first-order chi connectivity index (χ1) is 15.8. The van der Waals surface area contributed by atoms with Crippen LogP contribution >= 0.6 is 34.8 Å². The second-order valence-corrected chi connectivity index (χ2v) is 8.42. The zero-order valence-electron chi connectivity index (χ0n) is 17.1. The van der Waals surface area contributed by atoms with Crippen LogP contribution in [0.2, 0.25) is 15.1 Å². The van der Waals surface area contributed by atoms with Crippen molar-refractivity contribution in [3.63, 3.8) is 0 Å². The number of hydrogen-bond acceptors (Lipinski definition) is 3. The fraction of sp³-hybridized carbons (Fsp3) is 0.0417. The topological polar surface area (TPSA) is 84.2 Å². The number of nitrogens with one attached hydrogen (secondary N) is 1. The first-order valence-corrected chi connectivity index (χ1v) is 10.8. The summed E-state index contributed by atoms with van der Waals surface area (Å²) in [6.07, 6.45) is 0. The molecule has 0 fully saturated rings. The molecule has 33 heavy (non-hydrogen) atoms. The fourth-order valence-electron chi connectivity index (χ4n) is 3.45. The van der Waals surface area contributed by atoms with E-state index >= 15 is 0 Å². The number of hydrogen-bond donors (Lipinski definition) is 2. The molecule has 6 nitrogen and oxygen atoms in total. The molecule has 4 aromatic rings. The standard InChI is InChI=1S/C24H16Cl3N3O3/c1-13-21(23(31)28-19-5-3-2-4-17(19)24(32)33)29-30(20-11-10-16(26)12-18(20)27)22(13)14-6-8-15(25)9-7-14/h2-12H,1H3,(H,28,31)(H,32,33). The zero-order chi connectivity index (χ0) is 23.7. The molecule has 0 aliphatic carbocycles. The van der Waals surface area contributed by atoms with Gasteiger partial charge in [-0.15, -0.1) is 0 Å². The third-order valence-corrected chi connectivity index (χ3v) is 5.79. The van der Waals surface area contributed by atoms with Gasteiger partial charge in [-0.25, -0.2) is 9.48 Å². The van der Waals surface area contributed by atoms with Gasteiger partial charge in [-0.1, -0.05) is 59.1 Å². The summed E-state index contributed by atoms with van der Waals surface area (Å²) in [7, 11) is 0. The third-order valence-electron chi connectivity index (χ3n) is 5.00. The van der Waals surface area contributed by atoms with Gasteiger partial charge in [0, 0.05) is 21.2 Å². The molecule has 1 heterocycles. The maximum absolute atomic E-state index is 13.2. The van der Waals surface area contributed by atoms with E-state index in [0.717, 1.165) is 5.56 Å². The van der Waals surface area contributed by atoms with Crippen LogP contribution in [0.1, 0.15) is 26.4 Å². The molecule has 0 spiro atoms. The molecule has 0 radical (unpaired) electrons. The smallest absolute Gasteiger partial charge is 0.337 e. The highest BCUT2D eigenvalue weighted by Crippen LogP contribution is 2.33. The number of carbonyl (C=O) groups is 2. The second kappa shape index (κ2) is 9.27. The number of aromatic nitrogens is 2. The predicted octanol–water partition coefficient (Wildman–Crippen LogP) is 6.76. The van der Waals surface area contributed by atoms with Crippen molar-refractivity contribution < 1.29 is 14.7 Å². The quantitative estimate of drug-likeness (QED) is 0.317. The Morgan fingerprint density at radius 3 is 2.27 bits per heavy atom. The normalized spacial score (nSPS) is 10.8. The van der Waals surface area contributed by atoms with Gasteiger partial charge in [0.05, 0.1) is 27.7 Å². The van der Waals surface area contributed by atoms with E-state index < -0.39 is 11.9 Å². The van der Waals surface area contributed by atoms with Crippen molar-refractivity contribution in [1.29, 1.82) is 0 Å². The largest absolute Gasteiger partial charge is 0.478 e. The molecule has 1 aromatic heterocycles. The number of anilines is 1. The summed E-state index contributed by atoms with van der Waals surface area (Å²) in [5.41, 5.74) is 2.76. The van der Waals surface area contributed by atoms with Crippen molar-refractivity contribution in [3.05, 3.63) is 98.6 Å². The molecule has 0 unspecified atom stereocenters. The van der Waals surface area contributed by atoms with Gasteiger partial charge < -0.3 is 10.4 Å². The number of carbonyl (C=O) groups excluding carboxylic acids is 1. The lowest BCUT2D eigenvalue weighted by molar-refractivity contribution is 0.0698. The molecule has 1 amide bonds. The number of para-hydroxylation sites is 1. The molecule has 0 atom stereocenters. The van der Waals surface area contributed by atoms with Gasteiger partial charge in [-0.3, -0.25) is 4.79 Å². The van der Waals surface area contributed by atoms with E-state index in [-0.39, 0.29) is 16.9 Å². The molecule has 9 heteroatoms. The maximum atomic E-state index is 13.2. The Labute approximate surface area is 204 Å². The Kier molecular flexibility index (Phi) is 6.42. The van der Waals surface area contributed by atoms with E-state index in [0.29, 0.717) is 32.0 Å². The molecule has 0 bridgehead atoms. The van der Waals surface area contributed by atoms with E-state index in [1.165, 1.54) is 12.1 Å². The Bertz CT molecular complexity index is 1380. The number of halogens is 3. The summed E-state index contributed by atoms with van der Waals surface area (Å²) in [5, 5.41) is 18.0. The number of nitrogens with zero attached hydrogens (tertiary/aromatic N) is 2. The molecule has 2 N–H and O–H groups in total.